The van der Waals surface area contributed by atoms with Gasteiger partial charge in [0.15, 0.2) is 0 Å². The fraction of sp³-hybridized carbons (Fsp3) is 0.122. The molecule has 3 heterocycles. The molecule has 2 nitrogen and oxygen atoms in total. The number of anilines is 3. The zero-order valence-corrected chi connectivity index (χ0v) is 30.2. The molecule has 6 aromatic carbocycles. The molecular formula is C41H33NOS3Si. The third kappa shape index (κ3) is 4.49. The van der Waals surface area contributed by atoms with E-state index >= 15 is 0 Å². The predicted molar refractivity (Wildman–Crippen MR) is 202 cm³/mol. The number of benzene rings is 6. The minimum absolute atomic E-state index is 0.134. The Hall–Kier alpha value is -3.81. The molecule has 0 aromatic heterocycles. The molecule has 0 fully saturated rings. The standard InChI is InChI=1S/C41H33NOS3Si/c1-41(2)26-14-5-7-21-33(26)44-38-27(41)15-11-16-28(38)42(29-17-12-20-32-39(29)45-34-22-8-6-19-31(34)43-32)30-18-13-25-37-40(30)46-35-23-9-10-24-36(35)47(37,3)4/h5-25H,1-4H3. The summed E-state index contributed by atoms with van der Waals surface area (Å²) in [5.74, 6) is 1.81. The summed E-state index contributed by atoms with van der Waals surface area (Å²) < 4.78 is 6.57. The third-order valence-electron chi connectivity index (χ3n) is 9.84. The van der Waals surface area contributed by atoms with Crippen LogP contribution >= 0.6 is 35.3 Å². The first-order valence-electron chi connectivity index (χ1n) is 16.0. The maximum atomic E-state index is 6.57. The van der Waals surface area contributed by atoms with Crippen LogP contribution in [-0.2, 0) is 5.41 Å². The lowest BCUT2D eigenvalue weighted by Crippen LogP contribution is -2.56. The van der Waals surface area contributed by atoms with Crippen LogP contribution in [0.3, 0.4) is 0 Å². The highest BCUT2D eigenvalue weighted by molar-refractivity contribution is 8.00. The van der Waals surface area contributed by atoms with Crippen LogP contribution < -0.4 is 20.0 Å². The molecule has 3 aliphatic rings. The number of para-hydroxylation sites is 1. The maximum Gasteiger partial charge on any atom is 0.143 e. The van der Waals surface area contributed by atoms with Gasteiger partial charge in [-0.1, -0.05) is 141 Å². The second kappa shape index (κ2) is 10.9. The molecule has 0 aliphatic carbocycles. The average Bonchev–Trinajstić information content (AvgIpc) is 3.08. The van der Waals surface area contributed by atoms with Gasteiger partial charge in [-0.25, -0.2) is 0 Å². The van der Waals surface area contributed by atoms with Gasteiger partial charge < -0.3 is 9.64 Å². The summed E-state index contributed by atoms with van der Waals surface area (Å²) in [4.78, 5) is 10.2. The van der Waals surface area contributed by atoms with Crippen molar-refractivity contribution in [1.29, 1.82) is 0 Å². The van der Waals surface area contributed by atoms with Crippen LogP contribution in [-0.4, -0.2) is 8.07 Å². The topological polar surface area (TPSA) is 12.5 Å². The summed E-state index contributed by atoms with van der Waals surface area (Å²) in [7, 11) is -1.97. The Balaban J connectivity index is 1.32. The first-order valence-corrected chi connectivity index (χ1v) is 21.5. The highest BCUT2D eigenvalue weighted by Gasteiger charge is 2.39. The number of fused-ring (bicyclic) bond motifs is 6. The number of rotatable bonds is 3. The summed E-state index contributed by atoms with van der Waals surface area (Å²) in [6.07, 6.45) is 0. The molecule has 0 unspecified atom stereocenters. The molecule has 0 amide bonds. The van der Waals surface area contributed by atoms with Crippen LogP contribution in [0.4, 0.5) is 17.1 Å². The highest BCUT2D eigenvalue weighted by Crippen LogP contribution is 2.58. The normalized spacial score (nSPS) is 15.9. The Labute approximate surface area is 290 Å². The van der Waals surface area contributed by atoms with Crippen molar-refractivity contribution in [2.75, 3.05) is 4.90 Å². The zero-order chi connectivity index (χ0) is 31.9. The fourth-order valence-corrected chi connectivity index (χ4v) is 15.4. The van der Waals surface area contributed by atoms with E-state index in [1.807, 2.05) is 29.6 Å². The molecule has 0 radical (unpaired) electrons. The van der Waals surface area contributed by atoms with Gasteiger partial charge in [-0.15, -0.1) is 0 Å². The maximum absolute atomic E-state index is 6.57. The molecule has 3 aliphatic heterocycles. The summed E-state index contributed by atoms with van der Waals surface area (Å²) in [6.45, 7) is 9.75. The quantitative estimate of drug-likeness (QED) is 0.172. The molecule has 47 heavy (non-hydrogen) atoms. The SMILES string of the molecule is CC1(C)c2ccccc2Sc2c(N(c3cccc4c3Sc3ccccc3O4)c3cccc4c3Sc3ccccc3[Si]4(C)C)cccc21. The monoisotopic (exact) mass is 679 g/mol. The van der Waals surface area contributed by atoms with Crippen LogP contribution in [0, 0.1) is 0 Å². The van der Waals surface area contributed by atoms with Gasteiger partial charge in [-0.3, -0.25) is 0 Å². The van der Waals surface area contributed by atoms with E-state index in [9.17, 15) is 0 Å². The van der Waals surface area contributed by atoms with Gasteiger partial charge in [0.2, 0.25) is 0 Å². The van der Waals surface area contributed by atoms with Crippen molar-refractivity contribution in [3.63, 3.8) is 0 Å². The average molecular weight is 680 g/mol. The van der Waals surface area contributed by atoms with E-state index in [4.69, 9.17) is 4.74 Å². The lowest BCUT2D eigenvalue weighted by Gasteiger charge is -2.40. The van der Waals surface area contributed by atoms with Gasteiger partial charge in [0, 0.05) is 25.0 Å². The molecule has 0 bridgehead atoms. The van der Waals surface area contributed by atoms with Crippen LogP contribution in [0.5, 0.6) is 11.5 Å². The largest absolute Gasteiger partial charge is 0.455 e. The van der Waals surface area contributed by atoms with Crippen molar-refractivity contribution in [2.24, 2.45) is 0 Å². The van der Waals surface area contributed by atoms with Crippen LogP contribution in [0.1, 0.15) is 25.0 Å². The van der Waals surface area contributed by atoms with Crippen LogP contribution in [0.25, 0.3) is 0 Å². The van der Waals surface area contributed by atoms with Gasteiger partial charge in [0.05, 0.1) is 26.9 Å². The van der Waals surface area contributed by atoms with E-state index in [0.717, 1.165) is 27.0 Å². The molecular weight excluding hydrogens is 647 g/mol. The number of ether oxygens (including phenoxy) is 1. The summed E-state index contributed by atoms with van der Waals surface area (Å²) in [6, 6.07) is 46.8. The van der Waals surface area contributed by atoms with Crippen LogP contribution in [0.15, 0.2) is 157 Å². The van der Waals surface area contributed by atoms with E-state index in [1.54, 1.807) is 11.8 Å². The van der Waals surface area contributed by atoms with E-state index < -0.39 is 8.07 Å². The van der Waals surface area contributed by atoms with Gasteiger partial charge in [-0.2, -0.15) is 0 Å². The summed E-state index contributed by atoms with van der Waals surface area (Å²) in [5.41, 5.74) is 6.18. The number of hydrogen-bond acceptors (Lipinski definition) is 5. The Morgan fingerprint density at radius 1 is 0.489 bits per heavy atom. The fourth-order valence-electron chi connectivity index (χ4n) is 7.35. The van der Waals surface area contributed by atoms with Gasteiger partial charge in [-0.05, 0) is 70.0 Å². The Morgan fingerprint density at radius 2 is 1.02 bits per heavy atom. The zero-order valence-electron chi connectivity index (χ0n) is 26.7. The third-order valence-corrected chi connectivity index (χ3v) is 17.3. The number of nitrogens with zero attached hydrogens (tertiary/aromatic N) is 1. The predicted octanol–water partition coefficient (Wildman–Crippen LogP) is 11.5. The first-order chi connectivity index (χ1) is 22.8. The van der Waals surface area contributed by atoms with Crippen molar-refractivity contribution in [3.05, 3.63) is 139 Å². The van der Waals surface area contributed by atoms with E-state index in [2.05, 4.69) is 153 Å². The smallest absolute Gasteiger partial charge is 0.143 e. The molecule has 0 saturated heterocycles. The molecule has 6 heteroatoms. The van der Waals surface area contributed by atoms with Crippen molar-refractivity contribution >= 4 is 70.8 Å². The number of hydrogen-bond donors (Lipinski definition) is 0. The second-order valence-electron chi connectivity index (χ2n) is 13.3. The Morgan fingerprint density at radius 3 is 1.85 bits per heavy atom. The first kappa shape index (κ1) is 29.3. The molecule has 6 aromatic rings. The summed E-state index contributed by atoms with van der Waals surface area (Å²) >= 11 is 5.64. The van der Waals surface area contributed by atoms with Gasteiger partial charge in [0.25, 0.3) is 0 Å². The molecule has 230 valence electrons. The Bertz CT molecular complexity index is 2130. The molecule has 0 saturated carbocycles. The lowest BCUT2D eigenvalue weighted by atomic mass is 9.77. The molecule has 9 rings (SSSR count). The molecule has 0 N–H and O–H groups in total. The minimum atomic E-state index is -1.97. The second-order valence-corrected chi connectivity index (χ2v) is 20.8. The molecule has 0 atom stereocenters. The Kier molecular flexibility index (Phi) is 6.78. The van der Waals surface area contributed by atoms with Crippen molar-refractivity contribution in [2.45, 2.75) is 61.7 Å². The van der Waals surface area contributed by atoms with Crippen LogP contribution in [0.2, 0.25) is 13.1 Å². The highest BCUT2D eigenvalue weighted by atomic mass is 32.2. The van der Waals surface area contributed by atoms with Crippen molar-refractivity contribution in [1.82, 2.24) is 0 Å². The van der Waals surface area contributed by atoms with E-state index in [1.165, 1.54) is 52.5 Å². The van der Waals surface area contributed by atoms with E-state index in [-0.39, 0.29) is 5.41 Å². The van der Waals surface area contributed by atoms with E-state index in [0.29, 0.717) is 0 Å². The van der Waals surface area contributed by atoms with Crippen molar-refractivity contribution in [3.8, 4) is 11.5 Å². The van der Waals surface area contributed by atoms with Crippen molar-refractivity contribution < 1.29 is 4.74 Å². The lowest BCUT2D eigenvalue weighted by molar-refractivity contribution is 0.455. The van der Waals surface area contributed by atoms with Gasteiger partial charge >= 0.3 is 0 Å². The minimum Gasteiger partial charge on any atom is -0.455 e. The summed E-state index contributed by atoms with van der Waals surface area (Å²) in [5, 5.41) is 3.01. The molecule has 0 spiro atoms. The van der Waals surface area contributed by atoms with Gasteiger partial charge in [0.1, 0.15) is 19.6 Å².